The van der Waals surface area contributed by atoms with E-state index in [2.05, 4.69) is 5.32 Å². The van der Waals surface area contributed by atoms with Gasteiger partial charge in [-0.3, -0.25) is 9.59 Å². The van der Waals surface area contributed by atoms with E-state index in [1.54, 1.807) is 11.8 Å². The highest BCUT2D eigenvalue weighted by molar-refractivity contribution is 7.89. The lowest BCUT2D eigenvalue weighted by molar-refractivity contribution is -0.129. The van der Waals surface area contributed by atoms with E-state index >= 15 is 0 Å². The van der Waals surface area contributed by atoms with Crippen molar-refractivity contribution in [3.05, 3.63) is 45.8 Å². The second-order valence-electron chi connectivity index (χ2n) is 9.18. The van der Waals surface area contributed by atoms with Gasteiger partial charge in [0.1, 0.15) is 5.00 Å². The number of ether oxygens (including phenoxy) is 2. The Labute approximate surface area is 220 Å². The Morgan fingerprint density at radius 2 is 1.78 bits per heavy atom. The molecule has 12 heteroatoms. The van der Waals surface area contributed by atoms with Crippen molar-refractivity contribution in [2.45, 2.75) is 57.8 Å². The van der Waals surface area contributed by atoms with Crippen molar-refractivity contribution < 1.29 is 32.3 Å². The number of thiophene rings is 1. The molecule has 2 aromatic rings. The van der Waals surface area contributed by atoms with Crippen molar-refractivity contribution in [2.75, 3.05) is 31.6 Å². The first kappa shape index (κ1) is 27.2. The van der Waals surface area contributed by atoms with Crippen LogP contribution in [0.15, 0.2) is 29.2 Å². The van der Waals surface area contributed by atoms with Gasteiger partial charge in [0.15, 0.2) is 0 Å². The van der Waals surface area contributed by atoms with E-state index < -0.39 is 21.9 Å². The zero-order valence-corrected chi connectivity index (χ0v) is 22.9. The third-order valence-corrected chi connectivity index (χ3v) is 9.33. The maximum absolute atomic E-state index is 13.1. The molecule has 2 atom stereocenters. The average Bonchev–Trinajstić information content (AvgIpc) is 3.20. The van der Waals surface area contributed by atoms with Gasteiger partial charge in [0.05, 0.1) is 35.8 Å². The molecule has 4 rings (SSSR count). The number of nitrogens with zero attached hydrogens (tertiary/aromatic N) is 2. The molecule has 0 spiro atoms. The molecule has 200 valence electrons. The summed E-state index contributed by atoms with van der Waals surface area (Å²) in [6, 6.07) is 5.71. The standard InChI is InChI=1S/C25H31N3O7S2/c1-5-34-25(31)22-20-10-11-27(17(4)29)14-21(20)36-24(22)26-23(30)18-6-8-19(9-7-18)37(32,33)28-12-15(2)35-16(3)13-28/h6-9,15-16H,5,10-14H2,1-4H3,(H,26,30)/t15-,16-/m0/s1. The fourth-order valence-corrected chi connectivity index (χ4v) is 7.45. The van der Waals surface area contributed by atoms with Gasteiger partial charge in [-0.25, -0.2) is 13.2 Å². The normalized spacial score (nSPS) is 20.3. The Morgan fingerprint density at radius 1 is 1.14 bits per heavy atom. The average molecular weight is 550 g/mol. The highest BCUT2D eigenvalue weighted by Gasteiger charge is 2.33. The molecule has 1 N–H and O–H groups in total. The van der Waals surface area contributed by atoms with Crippen molar-refractivity contribution in [3.8, 4) is 0 Å². The largest absolute Gasteiger partial charge is 0.462 e. The van der Waals surface area contributed by atoms with Crippen LogP contribution in [0.5, 0.6) is 0 Å². The molecule has 1 aromatic heterocycles. The van der Waals surface area contributed by atoms with E-state index in [1.165, 1.54) is 46.8 Å². The van der Waals surface area contributed by atoms with E-state index in [-0.39, 0.29) is 48.3 Å². The SMILES string of the molecule is CCOC(=O)c1c(NC(=O)c2ccc(S(=O)(=O)N3C[C@H](C)O[C@@H](C)C3)cc2)sc2c1CCN(C(C)=O)C2. The van der Waals surface area contributed by atoms with E-state index in [4.69, 9.17) is 9.47 Å². The first-order valence-electron chi connectivity index (χ1n) is 12.2. The summed E-state index contributed by atoms with van der Waals surface area (Å²) >= 11 is 1.25. The number of nitrogens with one attached hydrogen (secondary N) is 1. The van der Waals surface area contributed by atoms with E-state index in [0.29, 0.717) is 30.1 Å². The Kier molecular flexibility index (Phi) is 8.02. The molecule has 2 aliphatic heterocycles. The van der Waals surface area contributed by atoms with E-state index in [9.17, 15) is 22.8 Å². The van der Waals surface area contributed by atoms with Gasteiger partial charge in [0, 0.05) is 37.0 Å². The molecule has 1 fully saturated rings. The van der Waals surface area contributed by atoms with E-state index in [0.717, 1.165) is 10.4 Å². The van der Waals surface area contributed by atoms with Gasteiger partial charge in [-0.1, -0.05) is 0 Å². The number of hydrogen-bond acceptors (Lipinski definition) is 8. The topological polar surface area (TPSA) is 122 Å². The number of rotatable bonds is 6. The molecule has 0 radical (unpaired) electrons. The number of anilines is 1. The third kappa shape index (κ3) is 5.71. The summed E-state index contributed by atoms with van der Waals surface area (Å²) in [5, 5.41) is 3.15. The zero-order valence-electron chi connectivity index (χ0n) is 21.3. The first-order chi connectivity index (χ1) is 17.5. The van der Waals surface area contributed by atoms with Crippen molar-refractivity contribution in [3.63, 3.8) is 0 Å². The lowest BCUT2D eigenvalue weighted by Gasteiger charge is -2.34. The van der Waals surface area contributed by atoms with Gasteiger partial charge >= 0.3 is 5.97 Å². The highest BCUT2D eigenvalue weighted by atomic mass is 32.2. The molecule has 0 aliphatic carbocycles. The van der Waals surface area contributed by atoms with Crippen molar-refractivity contribution in [2.24, 2.45) is 0 Å². The monoisotopic (exact) mass is 549 g/mol. The van der Waals surface area contributed by atoms with Crippen LogP contribution in [0.1, 0.15) is 58.9 Å². The number of hydrogen-bond donors (Lipinski definition) is 1. The third-order valence-electron chi connectivity index (χ3n) is 6.35. The number of sulfonamides is 1. The Hall–Kier alpha value is -2.80. The lowest BCUT2D eigenvalue weighted by atomic mass is 10.0. The minimum Gasteiger partial charge on any atom is -0.462 e. The molecule has 37 heavy (non-hydrogen) atoms. The number of fused-ring (bicyclic) bond motifs is 1. The van der Waals surface area contributed by atoms with Crippen LogP contribution in [0.3, 0.4) is 0 Å². The quantitative estimate of drug-likeness (QED) is 0.550. The van der Waals surface area contributed by atoms with Crippen LogP contribution < -0.4 is 5.32 Å². The molecular weight excluding hydrogens is 518 g/mol. The van der Waals surface area contributed by atoms with Gasteiger partial charge < -0.3 is 19.7 Å². The molecule has 1 aromatic carbocycles. The van der Waals surface area contributed by atoms with E-state index in [1.807, 2.05) is 13.8 Å². The van der Waals surface area contributed by atoms with Gasteiger partial charge in [-0.15, -0.1) is 11.3 Å². The van der Waals surface area contributed by atoms with Crippen LogP contribution in [0.2, 0.25) is 0 Å². The van der Waals surface area contributed by atoms with Crippen LogP contribution in [-0.2, 0) is 37.3 Å². The Bertz CT molecular complexity index is 1290. The van der Waals surface area contributed by atoms with Gasteiger partial charge in [-0.2, -0.15) is 4.31 Å². The summed E-state index contributed by atoms with van der Waals surface area (Å²) in [7, 11) is -3.74. The number of carbonyl (C=O) groups excluding carboxylic acids is 3. The van der Waals surface area contributed by atoms with Gasteiger partial charge in [0.25, 0.3) is 5.91 Å². The van der Waals surface area contributed by atoms with Crippen LogP contribution in [0, 0.1) is 0 Å². The second-order valence-corrected chi connectivity index (χ2v) is 12.2. The number of carbonyl (C=O) groups is 3. The highest BCUT2D eigenvalue weighted by Crippen LogP contribution is 2.38. The zero-order chi connectivity index (χ0) is 26.9. The molecule has 2 aliphatic rings. The number of esters is 1. The van der Waals surface area contributed by atoms with Crippen LogP contribution in [0.4, 0.5) is 5.00 Å². The Balaban J connectivity index is 1.56. The molecule has 10 nitrogen and oxygen atoms in total. The smallest absolute Gasteiger partial charge is 0.341 e. The lowest BCUT2D eigenvalue weighted by Crippen LogP contribution is -2.48. The fourth-order valence-electron chi connectivity index (χ4n) is 4.61. The molecule has 0 saturated carbocycles. The molecule has 2 amide bonds. The van der Waals surface area contributed by atoms with Crippen LogP contribution >= 0.6 is 11.3 Å². The predicted octanol–water partition coefficient (Wildman–Crippen LogP) is 2.88. The molecule has 1 saturated heterocycles. The molecule has 0 bridgehead atoms. The first-order valence-corrected chi connectivity index (χ1v) is 14.4. The summed E-state index contributed by atoms with van der Waals surface area (Å²) in [5.74, 6) is -1.06. The minimum absolute atomic E-state index is 0.0571. The number of morpholine rings is 1. The van der Waals surface area contributed by atoms with Crippen LogP contribution in [-0.4, -0.2) is 73.9 Å². The second kappa shape index (κ2) is 10.9. The van der Waals surface area contributed by atoms with Crippen molar-refractivity contribution >= 4 is 44.1 Å². The predicted molar refractivity (Wildman–Crippen MR) is 138 cm³/mol. The minimum atomic E-state index is -3.74. The number of benzene rings is 1. The summed E-state index contributed by atoms with van der Waals surface area (Å²) < 4.78 is 38.5. The van der Waals surface area contributed by atoms with Crippen molar-refractivity contribution in [1.82, 2.24) is 9.21 Å². The van der Waals surface area contributed by atoms with Crippen molar-refractivity contribution in [1.29, 1.82) is 0 Å². The molecule has 0 unspecified atom stereocenters. The summed E-state index contributed by atoms with van der Waals surface area (Å²) in [6.07, 6.45) is 0.0634. The summed E-state index contributed by atoms with van der Waals surface area (Å²) in [4.78, 5) is 40.3. The Morgan fingerprint density at radius 3 is 2.38 bits per heavy atom. The number of amides is 2. The fraction of sp³-hybridized carbons (Fsp3) is 0.480. The summed E-state index contributed by atoms with van der Waals surface area (Å²) in [6.45, 7) is 8.42. The maximum atomic E-state index is 13.1. The maximum Gasteiger partial charge on any atom is 0.341 e. The molecular formula is C25H31N3O7S2. The van der Waals surface area contributed by atoms with Gasteiger partial charge in [-0.05, 0) is 57.0 Å². The van der Waals surface area contributed by atoms with Crippen LogP contribution in [0.25, 0.3) is 0 Å². The summed E-state index contributed by atoms with van der Waals surface area (Å²) in [5.41, 5.74) is 1.34. The molecule has 3 heterocycles. The van der Waals surface area contributed by atoms with Gasteiger partial charge in [0.2, 0.25) is 15.9 Å².